The maximum Gasteiger partial charge on any atom is 0.0315 e. The summed E-state index contributed by atoms with van der Waals surface area (Å²) in [5, 5.41) is 3.47. The Bertz CT molecular complexity index is 289. The van der Waals surface area contributed by atoms with E-state index in [1.165, 1.54) is 16.9 Å². The van der Waals surface area contributed by atoms with Gasteiger partial charge in [0.15, 0.2) is 0 Å². The molecule has 1 heterocycles. The minimum absolute atomic E-state index is 0.733. The molecule has 1 N–H and O–H groups in total. The average molecular weight is 224 g/mol. The minimum Gasteiger partial charge on any atom is -0.312 e. The summed E-state index contributed by atoms with van der Waals surface area (Å²) in [7, 11) is 0. The van der Waals surface area contributed by atoms with Gasteiger partial charge in [0.05, 0.1) is 0 Å². The molecule has 0 aliphatic heterocycles. The zero-order valence-electron chi connectivity index (χ0n) is 9.79. The lowest BCUT2D eigenvalue weighted by Gasteiger charge is -2.11. The first kappa shape index (κ1) is 12.5. The van der Waals surface area contributed by atoms with Gasteiger partial charge in [0.25, 0.3) is 0 Å². The van der Waals surface area contributed by atoms with Gasteiger partial charge >= 0.3 is 0 Å². The van der Waals surface area contributed by atoms with Crippen molar-refractivity contribution >= 4 is 11.8 Å². The van der Waals surface area contributed by atoms with Crippen LogP contribution in [0.25, 0.3) is 0 Å². The lowest BCUT2D eigenvalue weighted by atomic mass is 10.1. The van der Waals surface area contributed by atoms with Crippen LogP contribution in [-0.4, -0.2) is 23.5 Å². The van der Waals surface area contributed by atoms with Gasteiger partial charge in [0, 0.05) is 18.9 Å². The second-order valence-electron chi connectivity index (χ2n) is 3.99. The normalized spacial score (nSPS) is 12.7. The molecule has 1 unspecified atom stereocenters. The van der Waals surface area contributed by atoms with E-state index in [9.17, 15) is 0 Å². The third kappa shape index (κ3) is 4.67. The Morgan fingerprint density at radius 3 is 3.00 bits per heavy atom. The fourth-order valence-corrected chi connectivity index (χ4v) is 2.17. The number of hydrogen-bond donors (Lipinski definition) is 1. The largest absolute Gasteiger partial charge is 0.312 e. The number of hydrogen-bond acceptors (Lipinski definition) is 3. The van der Waals surface area contributed by atoms with Crippen LogP contribution in [0, 0.1) is 12.8 Å². The van der Waals surface area contributed by atoms with Crippen LogP contribution >= 0.6 is 11.8 Å². The Labute approximate surface area is 96.9 Å². The van der Waals surface area contributed by atoms with Crippen molar-refractivity contribution < 1.29 is 0 Å². The summed E-state index contributed by atoms with van der Waals surface area (Å²) < 4.78 is 0. The summed E-state index contributed by atoms with van der Waals surface area (Å²) in [6.45, 7) is 6.41. The van der Waals surface area contributed by atoms with Gasteiger partial charge in [0.2, 0.25) is 0 Å². The maximum atomic E-state index is 4.14. The summed E-state index contributed by atoms with van der Waals surface area (Å²) >= 11 is 1.91. The highest BCUT2D eigenvalue weighted by Gasteiger charge is 2.01. The topological polar surface area (TPSA) is 24.9 Å². The molecular weight excluding hydrogens is 204 g/mol. The van der Waals surface area contributed by atoms with E-state index < -0.39 is 0 Å². The van der Waals surface area contributed by atoms with E-state index in [1.54, 1.807) is 0 Å². The summed E-state index contributed by atoms with van der Waals surface area (Å²) in [5.74, 6) is 1.95. The second-order valence-corrected chi connectivity index (χ2v) is 4.90. The zero-order valence-corrected chi connectivity index (χ0v) is 10.6. The lowest BCUT2D eigenvalue weighted by molar-refractivity contribution is 0.558. The molecular formula is C12H20N2S. The Hall–Kier alpha value is -0.540. The van der Waals surface area contributed by atoms with E-state index in [2.05, 4.69) is 36.5 Å². The predicted octanol–water partition coefficient (Wildman–Crippen LogP) is 2.48. The fourth-order valence-electron chi connectivity index (χ4n) is 1.48. The molecule has 0 aliphatic carbocycles. The summed E-state index contributed by atoms with van der Waals surface area (Å²) in [5.41, 5.74) is 2.61. The van der Waals surface area contributed by atoms with Gasteiger partial charge in [-0.25, -0.2) is 0 Å². The Kier molecular flexibility index (Phi) is 5.73. The molecule has 3 heteroatoms. The first-order valence-corrected chi connectivity index (χ1v) is 6.72. The Morgan fingerprint density at radius 2 is 2.33 bits per heavy atom. The van der Waals surface area contributed by atoms with Crippen LogP contribution in [0.5, 0.6) is 0 Å². The third-order valence-corrected chi connectivity index (χ3v) is 3.31. The molecule has 0 saturated carbocycles. The summed E-state index contributed by atoms with van der Waals surface area (Å²) in [6, 6.07) is 2.06. The molecule has 0 bridgehead atoms. The second kappa shape index (κ2) is 6.85. The van der Waals surface area contributed by atoms with Crippen molar-refractivity contribution in [2.45, 2.75) is 20.4 Å². The van der Waals surface area contributed by atoms with E-state index in [4.69, 9.17) is 0 Å². The number of thioether (sulfide) groups is 1. The molecule has 0 saturated heterocycles. The highest BCUT2D eigenvalue weighted by molar-refractivity contribution is 7.98. The monoisotopic (exact) mass is 224 g/mol. The number of rotatable bonds is 6. The van der Waals surface area contributed by atoms with E-state index in [-0.39, 0.29) is 0 Å². The molecule has 1 aromatic heterocycles. The van der Waals surface area contributed by atoms with Crippen molar-refractivity contribution in [1.29, 1.82) is 0 Å². The first-order valence-electron chi connectivity index (χ1n) is 5.33. The number of aromatic nitrogens is 1. The SMILES string of the molecule is CSCC(C)CNCc1cnccc1C. The molecule has 1 rings (SSSR count). The highest BCUT2D eigenvalue weighted by Crippen LogP contribution is 2.06. The van der Waals surface area contributed by atoms with Gasteiger partial charge in [-0.05, 0) is 48.6 Å². The van der Waals surface area contributed by atoms with Crippen LogP contribution < -0.4 is 5.32 Å². The average Bonchev–Trinajstić information content (AvgIpc) is 2.21. The molecule has 0 fully saturated rings. The molecule has 1 aromatic rings. The third-order valence-electron chi connectivity index (χ3n) is 2.41. The summed E-state index contributed by atoms with van der Waals surface area (Å²) in [4.78, 5) is 4.14. The van der Waals surface area contributed by atoms with E-state index in [0.29, 0.717) is 0 Å². The van der Waals surface area contributed by atoms with E-state index in [0.717, 1.165) is 19.0 Å². The summed E-state index contributed by atoms with van der Waals surface area (Å²) in [6.07, 6.45) is 5.94. The van der Waals surface area contributed by atoms with E-state index >= 15 is 0 Å². The molecule has 0 radical (unpaired) electrons. The van der Waals surface area contributed by atoms with Gasteiger partial charge < -0.3 is 5.32 Å². The van der Waals surface area contributed by atoms with Gasteiger partial charge in [-0.3, -0.25) is 4.98 Å². The molecule has 15 heavy (non-hydrogen) atoms. The smallest absolute Gasteiger partial charge is 0.0315 e. The van der Waals surface area contributed by atoms with Crippen LogP contribution in [0.4, 0.5) is 0 Å². The molecule has 1 atom stereocenters. The molecule has 0 spiro atoms. The number of nitrogens with zero attached hydrogens (tertiary/aromatic N) is 1. The molecule has 2 nitrogen and oxygen atoms in total. The van der Waals surface area contributed by atoms with Crippen LogP contribution in [0.3, 0.4) is 0 Å². The van der Waals surface area contributed by atoms with Crippen molar-refractivity contribution in [2.24, 2.45) is 5.92 Å². The van der Waals surface area contributed by atoms with E-state index in [1.807, 2.05) is 24.2 Å². The molecule has 84 valence electrons. The predicted molar refractivity (Wildman–Crippen MR) is 68.2 cm³/mol. The number of aryl methyl sites for hydroxylation is 1. The van der Waals surface area contributed by atoms with Crippen LogP contribution in [0.2, 0.25) is 0 Å². The Morgan fingerprint density at radius 1 is 1.53 bits per heavy atom. The van der Waals surface area contributed by atoms with Crippen LogP contribution in [0.15, 0.2) is 18.5 Å². The highest BCUT2D eigenvalue weighted by atomic mass is 32.2. The number of pyridine rings is 1. The van der Waals surface area contributed by atoms with Gasteiger partial charge in [0.1, 0.15) is 0 Å². The first-order chi connectivity index (χ1) is 7.24. The number of nitrogens with one attached hydrogen (secondary N) is 1. The fraction of sp³-hybridized carbons (Fsp3) is 0.583. The zero-order chi connectivity index (χ0) is 11.1. The van der Waals surface area contributed by atoms with Crippen molar-refractivity contribution in [3.63, 3.8) is 0 Å². The molecule has 0 aromatic carbocycles. The standard InChI is InChI=1S/C12H20N2S/c1-10(9-15-3)6-14-8-12-7-13-5-4-11(12)2/h4-5,7,10,14H,6,8-9H2,1-3H3. The lowest BCUT2D eigenvalue weighted by Crippen LogP contribution is -2.22. The maximum absolute atomic E-state index is 4.14. The van der Waals surface area contributed by atoms with Crippen LogP contribution in [0.1, 0.15) is 18.1 Å². The Balaban J connectivity index is 2.29. The van der Waals surface area contributed by atoms with Crippen molar-refractivity contribution in [1.82, 2.24) is 10.3 Å². The van der Waals surface area contributed by atoms with Crippen molar-refractivity contribution in [3.05, 3.63) is 29.6 Å². The van der Waals surface area contributed by atoms with Gasteiger partial charge in [-0.2, -0.15) is 11.8 Å². The minimum atomic E-state index is 0.733. The van der Waals surface area contributed by atoms with Gasteiger partial charge in [-0.1, -0.05) is 6.92 Å². The van der Waals surface area contributed by atoms with Crippen molar-refractivity contribution in [2.75, 3.05) is 18.6 Å². The molecule has 0 amide bonds. The molecule has 0 aliphatic rings. The van der Waals surface area contributed by atoms with Gasteiger partial charge in [-0.15, -0.1) is 0 Å². The quantitative estimate of drug-likeness (QED) is 0.803. The van der Waals surface area contributed by atoms with Crippen LogP contribution in [-0.2, 0) is 6.54 Å². The van der Waals surface area contributed by atoms with Crippen molar-refractivity contribution in [3.8, 4) is 0 Å².